The number of para-hydroxylation sites is 1. The molecule has 0 spiro atoms. The minimum absolute atomic E-state index is 0.0927. The molecule has 2 N–H and O–H groups in total. The van der Waals surface area contributed by atoms with Crippen LogP contribution in [0.1, 0.15) is 10.4 Å². The molecule has 0 radical (unpaired) electrons. The third kappa shape index (κ3) is 3.24. The van der Waals surface area contributed by atoms with Crippen molar-refractivity contribution in [2.75, 3.05) is 11.6 Å². The molecule has 1 heterocycles. The van der Waals surface area contributed by atoms with Gasteiger partial charge in [-0.3, -0.25) is 0 Å². The SMILES string of the molecule is CSc1cc(C(=O)O)c(Nc2ccccc2Br)nn1. The van der Waals surface area contributed by atoms with Gasteiger partial charge < -0.3 is 10.4 Å². The van der Waals surface area contributed by atoms with Gasteiger partial charge in [0.1, 0.15) is 10.6 Å². The molecule has 0 atom stereocenters. The zero-order valence-corrected chi connectivity index (χ0v) is 12.3. The molecule has 1 aromatic carbocycles. The van der Waals surface area contributed by atoms with Crippen LogP contribution >= 0.6 is 27.7 Å². The molecular weight excluding hydrogens is 330 g/mol. The highest BCUT2D eigenvalue weighted by atomic mass is 79.9. The number of aromatic carboxylic acids is 1. The molecule has 7 heteroatoms. The molecule has 0 bridgehead atoms. The van der Waals surface area contributed by atoms with Crippen molar-refractivity contribution >= 4 is 45.2 Å². The summed E-state index contributed by atoms with van der Waals surface area (Å²) in [4.78, 5) is 11.2. The first kappa shape index (κ1) is 13.8. The van der Waals surface area contributed by atoms with Crippen LogP contribution in [0.4, 0.5) is 11.5 Å². The van der Waals surface area contributed by atoms with Gasteiger partial charge in [0.05, 0.1) is 5.69 Å². The number of anilines is 2. The normalized spacial score (nSPS) is 10.2. The lowest BCUT2D eigenvalue weighted by Crippen LogP contribution is -2.07. The van der Waals surface area contributed by atoms with Crippen molar-refractivity contribution in [1.82, 2.24) is 10.2 Å². The van der Waals surface area contributed by atoms with E-state index < -0.39 is 5.97 Å². The minimum atomic E-state index is -1.04. The Morgan fingerprint density at radius 2 is 2.11 bits per heavy atom. The van der Waals surface area contributed by atoms with Gasteiger partial charge in [-0.1, -0.05) is 12.1 Å². The number of carboxylic acids is 1. The average Bonchev–Trinajstić information content (AvgIpc) is 2.41. The molecule has 0 amide bonds. The zero-order chi connectivity index (χ0) is 13.8. The number of thioether (sulfide) groups is 1. The number of aromatic nitrogens is 2. The molecule has 2 aromatic rings. The summed E-state index contributed by atoms with van der Waals surface area (Å²) >= 11 is 4.73. The van der Waals surface area contributed by atoms with Gasteiger partial charge in [-0.15, -0.1) is 22.0 Å². The summed E-state index contributed by atoms with van der Waals surface area (Å²) in [5, 5.41) is 20.6. The van der Waals surface area contributed by atoms with Gasteiger partial charge in [0.15, 0.2) is 5.82 Å². The first-order valence-corrected chi connectivity index (χ1v) is 7.30. The molecule has 0 saturated heterocycles. The highest BCUT2D eigenvalue weighted by Gasteiger charge is 2.14. The second kappa shape index (κ2) is 6.03. The summed E-state index contributed by atoms with van der Waals surface area (Å²) in [6, 6.07) is 8.89. The van der Waals surface area contributed by atoms with Gasteiger partial charge in [-0.25, -0.2) is 4.79 Å². The molecular formula is C12H10BrN3O2S. The summed E-state index contributed by atoms with van der Waals surface area (Å²) in [5.74, 6) is -0.822. The molecule has 0 saturated carbocycles. The third-order valence-corrected chi connectivity index (χ3v) is 3.65. The van der Waals surface area contributed by atoms with E-state index in [2.05, 4.69) is 31.4 Å². The van der Waals surface area contributed by atoms with Crippen molar-refractivity contribution in [3.8, 4) is 0 Å². The molecule has 0 aliphatic rings. The van der Waals surface area contributed by atoms with Crippen LogP contribution in [0.2, 0.25) is 0 Å². The average molecular weight is 340 g/mol. The fraction of sp³-hybridized carbons (Fsp3) is 0.0833. The molecule has 0 fully saturated rings. The number of halogens is 1. The number of benzene rings is 1. The van der Waals surface area contributed by atoms with Gasteiger partial charge in [0, 0.05) is 4.47 Å². The topological polar surface area (TPSA) is 75.1 Å². The Balaban J connectivity index is 2.40. The molecule has 19 heavy (non-hydrogen) atoms. The van der Waals surface area contributed by atoms with E-state index in [9.17, 15) is 9.90 Å². The fourth-order valence-corrected chi connectivity index (χ4v) is 2.16. The fourth-order valence-electron chi connectivity index (χ4n) is 1.42. The third-order valence-electron chi connectivity index (χ3n) is 2.34. The maximum atomic E-state index is 11.2. The molecule has 2 rings (SSSR count). The maximum Gasteiger partial charge on any atom is 0.339 e. The Kier molecular flexibility index (Phi) is 4.39. The van der Waals surface area contributed by atoms with Gasteiger partial charge >= 0.3 is 5.97 Å². The second-order valence-corrected chi connectivity index (χ2v) is 5.24. The predicted octanol–water partition coefficient (Wildman–Crippen LogP) is 3.40. The molecule has 0 aliphatic heterocycles. The van der Waals surface area contributed by atoms with Crippen molar-refractivity contribution in [2.24, 2.45) is 0 Å². The Hall–Kier alpha value is -1.60. The number of hydrogen-bond acceptors (Lipinski definition) is 5. The van der Waals surface area contributed by atoms with Crippen molar-refractivity contribution in [1.29, 1.82) is 0 Å². The first-order chi connectivity index (χ1) is 9.11. The summed E-state index contributed by atoms with van der Waals surface area (Å²) in [6.45, 7) is 0. The number of nitrogens with zero attached hydrogens (tertiary/aromatic N) is 2. The summed E-state index contributed by atoms with van der Waals surface area (Å²) in [6.07, 6.45) is 1.82. The lowest BCUT2D eigenvalue weighted by Gasteiger charge is -2.09. The number of carbonyl (C=O) groups is 1. The van der Waals surface area contributed by atoms with Gasteiger partial charge in [0.25, 0.3) is 0 Å². The van der Waals surface area contributed by atoms with E-state index in [0.29, 0.717) is 5.03 Å². The van der Waals surface area contributed by atoms with Crippen LogP contribution in [-0.4, -0.2) is 27.5 Å². The summed E-state index contributed by atoms with van der Waals surface area (Å²) in [7, 11) is 0. The number of nitrogens with one attached hydrogen (secondary N) is 1. The lowest BCUT2D eigenvalue weighted by molar-refractivity contribution is 0.0697. The Morgan fingerprint density at radius 3 is 2.74 bits per heavy atom. The van der Waals surface area contributed by atoms with Crippen molar-refractivity contribution < 1.29 is 9.90 Å². The lowest BCUT2D eigenvalue weighted by atomic mass is 10.2. The summed E-state index contributed by atoms with van der Waals surface area (Å²) in [5.41, 5.74) is 0.825. The predicted molar refractivity (Wildman–Crippen MR) is 78.2 cm³/mol. The quantitative estimate of drug-likeness (QED) is 0.831. The van der Waals surface area contributed by atoms with Crippen LogP contribution in [0.15, 0.2) is 39.8 Å². The van der Waals surface area contributed by atoms with E-state index in [0.717, 1.165) is 10.2 Å². The monoisotopic (exact) mass is 339 g/mol. The highest BCUT2D eigenvalue weighted by molar-refractivity contribution is 9.10. The van der Waals surface area contributed by atoms with Crippen LogP contribution in [0.5, 0.6) is 0 Å². The van der Waals surface area contributed by atoms with E-state index in [1.165, 1.54) is 17.8 Å². The zero-order valence-electron chi connectivity index (χ0n) is 9.92. The smallest absolute Gasteiger partial charge is 0.339 e. The number of rotatable bonds is 4. The van der Waals surface area contributed by atoms with E-state index in [4.69, 9.17) is 0 Å². The highest BCUT2D eigenvalue weighted by Crippen LogP contribution is 2.26. The summed E-state index contributed by atoms with van der Waals surface area (Å²) < 4.78 is 0.821. The standard InChI is InChI=1S/C12H10BrN3O2S/c1-19-10-6-7(12(17)18)11(16-15-10)14-9-5-3-2-4-8(9)13/h2-6H,1H3,(H,14,16)(H,17,18). The van der Waals surface area contributed by atoms with Crippen molar-refractivity contribution in [3.05, 3.63) is 40.4 Å². The molecule has 1 aromatic heterocycles. The van der Waals surface area contributed by atoms with Gasteiger partial charge in [-0.05, 0) is 40.4 Å². The van der Waals surface area contributed by atoms with Crippen LogP contribution in [0.3, 0.4) is 0 Å². The first-order valence-electron chi connectivity index (χ1n) is 5.28. The Bertz CT molecular complexity index is 622. The van der Waals surface area contributed by atoms with E-state index >= 15 is 0 Å². The Labute approximate surface area is 122 Å². The van der Waals surface area contributed by atoms with Crippen LogP contribution in [0.25, 0.3) is 0 Å². The largest absolute Gasteiger partial charge is 0.478 e. The Morgan fingerprint density at radius 1 is 1.37 bits per heavy atom. The van der Waals surface area contributed by atoms with Gasteiger partial charge in [-0.2, -0.15) is 0 Å². The molecule has 0 unspecified atom stereocenters. The van der Waals surface area contributed by atoms with E-state index in [1.807, 2.05) is 30.5 Å². The second-order valence-electron chi connectivity index (χ2n) is 3.56. The van der Waals surface area contributed by atoms with Crippen LogP contribution in [-0.2, 0) is 0 Å². The molecule has 5 nitrogen and oxygen atoms in total. The maximum absolute atomic E-state index is 11.2. The number of carboxylic acid groups (broad SMARTS) is 1. The minimum Gasteiger partial charge on any atom is -0.478 e. The molecule has 0 aliphatic carbocycles. The van der Waals surface area contributed by atoms with E-state index in [-0.39, 0.29) is 11.4 Å². The van der Waals surface area contributed by atoms with Crippen molar-refractivity contribution in [2.45, 2.75) is 5.03 Å². The number of hydrogen-bond donors (Lipinski definition) is 2. The van der Waals surface area contributed by atoms with Gasteiger partial charge in [0.2, 0.25) is 0 Å². The van der Waals surface area contributed by atoms with Crippen LogP contribution in [0, 0.1) is 0 Å². The van der Waals surface area contributed by atoms with Crippen molar-refractivity contribution in [3.63, 3.8) is 0 Å². The van der Waals surface area contributed by atoms with E-state index in [1.54, 1.807) is 0 Å². The molecule has 98 valence electrons. The van der Waals surface area contributed by atoms with Crippen LogP contribution < -0.4 is 5.32 Å².